The van der Waals surface area contributed by atoms with Crippen molar-refractivity contribution in [3.8, 4) is 0 Å². The highest BCUT2D eigenvalue weighted by molar-refractivity contribution is 6.12. The molecule has 0 saturated heterocycles. The smallest absolute Gasteiger partial charge is 0.319 e. The molecule has 3 aromatic carbocycles. The zero-order valence-electron chi connectivity index (χ0n) is 16.1. The third-order valence-corrected chi connectivity index (χ3v) is 4.66. The number of carbonyl (C=O) groups excluding carboxylic acids is 2. The van der Waals surface area contributed by atoms with Crippen molar-refractivity contribution in [3.05, 3.63) is 102 Å². The van der Waals surface area contributed by atoms with Gasteiger partial charge in [0.1, 0.15) is 0 Å². The van der Waals surface area contributed by atoms with Crippen molar-refractivity contribution in [1.82, 2.24) is 10.3 Å². The van der Waals surface area contributed by atoms with Crippen LogP contribution in [0.5, 0.6) is 0 Å². The van der Waals surface area contributed by atoms with Crippen LogP contribution in [0.25, 0.3) is 10.8 Å². The van der Waals surface area contributed by atoms with Gasteiger partial charge < -0.3 is 16.0 Å². The lowest BCUT2D eigenvalue weighted by molar-refractivity contribution is 0.102. The van der Waals surface area contributed by atoms with Gasteiger partial charge in [-0.25, -0.2) is 4.79 Å². The fourth-order valence-corrected chi connectivity index (χ4v) is 3.15. The molecule has 0 saturated carbocycles. The second-order valence-electron chi connectivity index (χ2n) is 6.69. The maximum absolute atomic E-state index is 12.5. The fourth-order valence-electron chi connectivity index (χ4n) is 3.15. The number of nitrogens with zero attached hydrogens (tertiary/aromatic N) is 1. The molecule has 6 nitrogen and oxygen atoms in total. The summed E-state index contributed by atoms with van der Waals surface area (Å²) in [4.78, 5) is 28.9. The predicted octanol–water partition coefficient (Wildman–Crippen LogP) is 4.81. The van der Waals surface area contributed by atoms with Gasteiger partial charge in [-0.2, -0.15) is 0 Å². The van der Waals surface area contributed by atoms with E-state index in [2.05, 4.69) is 20.9 Å². The van der Waals surface area contributed by atoms with E-state index in [1.807, 2.05) is 54.6 Å². The van der Waals surface area contributed by atoms with E-state index in [9.17, 15) is 9.59 Å². The highest BCUT2D eigenvalue weighted by atomic mass is 16.2. The second kappa shape index (κ2) is 8.87. The fraction of sp³-hybridized carbons (Fsp3) is 0.0417. The van der Waals surface area contributed by atoms with Crippen molar-refractivity contribution < 1.29 is 9.59 Å². The van der Waals surface area contributed by atoms with E-state index >= 15 is 0 Å². The molecule has 0 aliphatic carbocycles. The first-order chi connectivity index (χ1) is 14.7. The Bertz CT molecular complexity index is 1180. The lowest BCUT2D eigenvalue weighted by atomic mass is 10.1. The molecule has 148 valence electrons. The number of fused-ring (bicyclic) bond motifs is 1. The first kappa shape index (κ1) is 19.1. The molecule has 0 aliphatic heterocycles. The van der Waals surface area contributed by atoms with Crippen LogP contribution in [0, 0.1) is 0 Å². The van der Waals surface area contributed by atoms with E-state index < -0.39 is 0 Å². The van der Waals surface area contributed by atoms with Gasteiger partial charge in [0.15, 0.2) is 0 Å². The second-order valence-corrected chi connectivity index (χ2v) is 6.69. The van der Waals surface area contributed by atoms with Crippen LogP contribution in [0.1, 0.15) is 15.9 Å². The number of aromatic nitrogens is 1. The number of urea groups is 1. The summed E-state index contributed by atoms with van der Waals surface area (Å²) in [6, 6.07) is 23.6. The Kier molecular flexibility index (Phi) is 5.66. The SMILES string of the molecule is O=C(NCc1ccncc1)Nc1ccc(NC(=O)c2ccccc2)c2ccccc12. The van der Waals surface area contributed by atoms with Crippen molar-refractivity contribution in [1.29, 1.82) is 0 Å². The van der Waals surface area contributed by atoms with Gasteiger partial charge in [0, 0.05) is 41.0 Å². The van der Waals surface area contributed by atoms with Crippen LogP contribution in [0.4, 0.5) is 16.2 Å². The Morgan fingerprint density at radius 3 is 1.97 bits per heavy atom. The Labute approximate surface area is 174 Å². The van der Waals surface area contributed by atoms with Gasteiger partial charge in [-0.1, -0.05) is 42.5 Å². The third kappa shape index (κ3) is 4.44. The third-order valence-electron chi connectivity index (χ3n) is 4.66. The van der Waals surface area contributed by atoms with Gasteiger partial charge in [-0.15, -0.1) is 0 Å². The molecule has 1 heterocycles. The molecule has 0 atom stereocenters. The number of benzene rings is 3. The lowest BCUT2D eigenvalue weighted by Gasteiger charge is -2.14. The molecule has 3 amide bonds. The average molecular weight is 396 g/mol. The minimum Gasteiger partial charge on any atom is -0.334 e. The lowest BCUT2D eigenvalue weighted by Crippen LogP contribution is -2.28. The molecule has 3 N–H and O–H groups in total. The molecule has 4 aromatic rings. The number of carbonyl (C=O) groups is 2. The van der Waals surface area contributed by atoms with Crippen LogP contribution in [-0.4, -0.2) is 16.9 Å². The van der Waals surface area contributed by atoms with E-state index in [0.717, 1.165) is 16.3 Å². The molecule has 4 rings (SSSR count). The zero-order chi connectivity index (χ0) is 20.8. The molecule has 0 bridgehead atoms. The number of hydrogen-bond acceptors (Lipinski definition) is 3. The molecule has 6 heteroatoms. The Balaban J connectivity index is 1.52. The predicted molar refractivity (Wildman–Crippen MR) is 118 cm³/mol. The van der Waals surface area contributed by atoms with Gasteiger partial charge in [0.25, 0.3) is 5.91 Å². The maximum Gasteiger partial charge on any atom is 0.319 e. The number of anilines is 2. The molecule has 0 aliphatic rings. The maximum atomic E-state index is 12.5. The Hall–Kier alpha value is -4.19. The standard InChI is InChI=1S/C24H20N4O2/c29-23(18-6-2-1-3-7-18)27-21-10-11-22(20-9-5-4-8-19(20)21)28-24(30)26-16-17-12-14-25-15-13-17/h1-15H,16H2,(H,27,29)(H2,26,28,30). The summed E-state index contributed by atoms with van der Waals surface area (Å²) < 4.78 is 0. The molecular weight excluding hydrogens is 376 g/mol. The van der Waals surface area contributed by atoms with Crippen LogP contribution in [0.15, 0.2) is 91.3 Å². The molecule has 0 unspecified atom stereocenters. The molecule has 0 spiro atoms. The average Bonchev–Trinajstić information content (AvgIpc) is 2.80. The van der Waals surface area contributed by atoms with E-state index in [4.69, 9.17) is 0 Å². The highest BCUT2D eigenvalue weighted by Crippen LogP contribution is 2.30. The topological polar surface area (TPSA) is 83.1 Å². The van der Waals surface area contributed by atoms with E-state index in [-0.39, 0.29) is 11.9 Å². The minimum absolute atomic E-state index is 0.184. The van der Waals surface area contributed by atoms with Gasteiger partial charge in [-0.3, -0.25) is 9.78 Å². The Morgan fingerprint density at radius 1 is 0.700 bits per heavy atom. The minimum atomic E-state index is -0.307. The van der Waals surface area contributed by atoms with Crippen molar-refractivity contribution in [3.63, 3.8) is 0 Å². The van der Waals surface area contributed by atoms with Gasteiger partial charge >= 0.3 is 6.03 Å². The van der Waals surface area contributed by atoms with Crippen LogP contribution < -0.4 is 16.0 Å². The van der Waals surface area contributed by atoms with Crippen LogP contribution >= 0.6 is 0 Å². The molecule has 30 heavy (non-hydrogen) atoms. The molecule has 0 fully saturated rings. The number of rotatable bonds is 5. The molecule has 1 aromatic heterocycles. The highest BCUT2D eigenvalue weighted by Gasteiger charge is 2.11. The summed E-state index contributed by atoms with van der Waals surface area (Å²) in [6.45, 7) is 0.400. The summed E-state index contributed by atoms with van der Waals surface area (Å²) in [5.74, 6) is -0.184. The van der Waals surface area contributed by atoms with Crippen LogP contribution in [0.3, 0.4) is 0 Å². The van der Waals surface area contributed by atoms with E-state index in [1.54, 1.807) is 36.7 Å². The van der Waals surface area contributed by atoms with Gasteiger partial charge in [0.05, 0.1) is 5.69 Å². The summed E-state index contributed by atoms with van der Waals surface area (Å²) in [6.07, 6.45) is 3.37. The summed E-state index contributed by atoms with van der Waals surface area (Å²) in [7, 11) is 0. The molecule has 0 radical (unpaired) electrons. The quantitative estimate of drug-likeness (QED) is 0.453. The largest absolute Gasteiger partial charge is 0.334 e. The first-order valence-electron chi connectivity index (χ1n) is 9.52. The first-order valence-corrected chi connectivity index (χ1v) is 9.52. The summed E-state index contributed by atoms with van der Waals surface area (Å²) in [5, 5.41) is 10.4. The number of nitrogens with one attached hydrogen (secondary N) is 3. The van der Waals surface area contributed by atoms with Crippen LogP contribution in [0.2, 0.25) is 0 Å². The number of hydrogen-bond donors (Lipinski definition) is 3. The van der Waals surface area contributed by atoms with Crippen molar-refractivity contribution in [2.75, 3.05) is 10.6 Å². The summed E-state index contributed by atoms with van der Waals surface area (Å²) >= 11 is 0. The van der Waals surface area contributed by atoms with Gasteiger partial charge in [-0.05, 0) is 42.0 Å². The molecular formula is C24H20N4O2. The van der Waals surface area contributed by atoms with Crippen molar-refractivity contribution >= 4 is 34.1 Å². The van der Waals surface area contributed by atoms with E-state index in [1.165, 1.54) is 0 Å². The van der Waals surface area contributed by atoms with Crippen LogP contribution in [-0.2, 0) is 6.54 Å². The number of pyridine rings is 1. The van der Waals surface area contributed by atoms with E-state index in [0.29, 0.717) is 23.5 Å². The normalized spacial score (nSPS) is 10.4. The summed E-state index contributed by atoms with van der Waals surface area (Å²) in [5.41, 5.74) is 2.89. The van der Waals surface area contributed by atoms with Crippen molar-refractivity contribution in [2.24, 2.45) is 0 Å². The monoisotopic (exact) mass is 396 g/mol. The van der Waals surface area contributed by atoms with Crippen molar-refractivity contribution in [2.45, 2.75) is 6.54 Å². The Morgan fingerprint density at radius 2 is 1.30 bits per heavy atom. The number of amides is 3. The van der Waals surface area contributed by atoms with Gasteiger partial charge in [0.2, 0.25) is 0 Å². The zero-order valence-corrected chi connectivity index (χ0v) is 16.1.